The summed E-state index contributed by atoms with van der Waals surface area (Å²) in [6.07, 6.45) is 0.912. The maximum atomic E-state index is 13.0. The third-order valence-corrected chi connectivity index (χ3v) is 9.18. The molecule has 1 amide bonds. The number of piperidine rings is 1. The van der Waals surface area contributed by atoms with E-state index in [1.165, 1.54) is 28.6 Å². The lowest BCUT2D eigenvalue weighted by molar-refractivity contribution is -0.136. The van der Waals surface area contributed by atoms with Gasteiger partial charge in [0.05, 0.1) is 9.79 Å². The summed E-state index contributed by atoms with van der Waals surface area (Å²) < 4.78 is 49.8. The predicted octanol–water partition coefficient (Wildman–Crippen LogP) is 0.178. The Bertz CT molecular complexity index is 998. The van der Waals surface area contributed by atoms with Crippen LogP contribution >= 0.6 is 0 Å². The summed E-state index contributed by atoms with van der Waals surface area (Å²) >= 11 is 0. The Kier molecular flexibility index (Phi) is 6.32. The summed E-state index contributed by atoms with van der Waals surface area (Å²) in [4.78, 5) is 14.7. The Morgan fingerprint density at radius 3 is 2.07 bits per heavy atom. The van der Waals surface area contributed by atoms with E-state index in [0.29, 0.717) is 32.5 Å². The van der Waals surface area contributed by atoms with E-state index in [-0.39, 0.29) is 46.0 Å². The molecule has 0 bridgehead atoms. The van der Waals surface area contributed by atoms with Crippen LogP contribution < -0.4 is 10.9 Å². The van der Waals surface area contributed by atoms with Gasteiger partial charge in [0.1, 0.15) is 0 Å². The zero-order chi connectivity index (χ0) is 22.3. The second kappa shape index (κ2) is 8.19. The van der Waals surface area contributed by atoms with Crippen molar-refractivity contribution >= 4 is 26.0 Å². The van der Waals surface area contributed by atoms with Gasteiger partial charge in [0.25, 0.3) is 0 Å². The van der Waals surface area contributed by atoms with Crippen molar-refractivity contribution in [2.24, 2.45) is 28.1 Å². The minimum Gasteiger partial charge on any atom is -0.342 e. The maximum Gasteiger partial charge on any atom is 0.243 e. The molecule has 30 heavy (non-hydrogen) atoms. The van der Waals surface area contributed by atoms with E-state index in [0.717, 1.165) is 0 Å². The van der Waals surface area contributed by atoms with E-state index in [1.54, 1.807) is 0 Å². The molecule has 0 aromatic heterocycles. The first-order chi connectivity index (χ1) is 13.9. The van der Waals surface area contributed by atoms with Crippen LogP contribution in [0.15, 0.2) is 34.1 Å². The molecule has 1 unspecified atom stereocenters. The Morgan fingerprint density at radius 2 is 1.60 bits per heavy atom. The van der Waals surface area contributed by atoms with Crippen LogP contribution in [0.25, 0.3) is 0 Å². The first kappa shape index (κ1) is 23.1. The molecular formula is C19H30N4O5S2. The van der Waals surface area contributed by atoms with Gasteiger partial charge in [-0.25, -0.2) is 22.0 Å². The Hall–Kier alpha value is -1.53. The van der Waals surface area contributed by atoms with Crippen molar-refractivity contribution < 1.29 is 21.6 Å². The molecule has 2 aliphatic rings. The Morgan fingerprint density at radius 1 is 1.07 bits per heavy atom. The summed E-state index contributed by atoms with van der Waals surface area (Å²) in [5.41, 5.74) is 5.84. The molecule has 0 spiro atoms. The number of hydrogen-bond acceptors (Lipinski definition) is 6. The molecule has 2 fully saturated rings. The van der Waals surface area contributed by atoms with Gasteiger partial charge in [0.2, 0.25) is 26.0 Å². The van der Waals surface area contributed by atoms with Gasteiger partial charge in [-0.3, -0.25) is 4.79 Å². The molecule has 11 heteroatoms. The van der Waals surface area contributed by atoms with Crippen LogP contribution in [-0.2, 0) is 24.8 Å². The number of carbonyl (C=O) groups is 1. The summed E-state index contributed by atoms with van der Waals surface area (Å²) in [5, 5.41) is 5.06. The third-order valence-electron chi connectivity index (χ3n) is 6.33. The van der Waals surface area contributed by atoms with Crippen LogP contribution in [0.2, 0.25) is 0 Å². The molecule has 0 aliphatic carbocycles. The fourth-order valence-electron chi connectivity index (χ4n) is 4.31. The van der Waals surface area contributed by atoms with Gasteiger partial charge in [0.15, 0.2) is 0 Å². The van der Waals surface area contributed by atoms with E-state index in [1.807, 2.05) is 4.90 Å². The molecule has 3 rings (SSSR count). The summed E-state index contributed by atoms with van der Waals surface area (Å²) in [6, 6.07) is 4.85. The molecule has 4 N–H and O–H groups in total. The Labute approximate surface area is 178 Å². The van der Waals surface area contributed by atoms with Crippen molar-refractivity contribution in [3.05, 3.63) is 24.3 Å². The normalized spacial score (nSPS) is 23.6. The standard InChI is InChI=1S/C19H30N4O5S2/c1-19(2)13-22(12-15(19)11-20)18(24)14-7-9-23(10-8-14)30(27,28)17-5-3-16(4-6-17)29(21,25)26/h3-6,14-15H,7-13,20H2,1-2H3,(H2,21,25,26). The molecule has 0 radical (unpaired) electrons. The summed E-state index contributed by atoms with van der Waals surface area (Å²) in [5.74, 6) is 0.143. The maximum absolute atomic E-state index is 13.0. The minimum atomic E-state index is -3.89. The van der Waals surface area contributed by atoms with Crippen LogP contribution in [0.5, 0.6) is 0 Å². The molecular weight excluding hydrogens is 428 g/mol. The van der Waals surface area contributed by atoms with Crippen molar-refractivity contribution in [1.29, 1.82) is 0 Å². The van der Waals surface area contributed by atoms with E-state index in [9.17, 15) is 21.6 Å². The lowest BCUT2D eigenvalue weighted by Gasteiger charge is -2.32. The number of hydrogen-bond donors (Lipinski definition) is 2. The lowest BCUT2D eigenvalue weighted by atomic mass is 9.82. The molecule has 1 aromatic rings. The van der Waals surface area contributed by atoms with Crippen molar-refractivity contribution in [2.45, 2.75) is 36.5 Å². The van der Waals surface area contributed by atoms with Gasteiger partial charge in [-0.1, -0.05) is 13.8 Å². The minimum absolute atomic E-state index is 0.00626. The van der Waals surface area contributed by atoms with Crippen LogP contribution in [0, 0.1) is 17.3 Å². The number of benzene rings is 1. The SMILES string of the molecule is CC1(C)CN(C(=O)C2CCN(S(=O)(=O)c3ccc(S(N)(=O)=O)cc3)CC2)CC1CN. The highest BCUT2D eigenvalue weighted by atomic mass is 32.2. The van der Waals surface area contributed by atoms with E-state index in [2.05, 4.69) is 13.8 Å². The summed E-state index contributed by atoms with van der Waals surface area (Å²) in [7, 11) is -7.66. The molecule has 168 valence electrons. The number of likely N-dealkylation sites (tertiary alicyclic amines) is 1. The van der Waals surface area contributed by atoms with Crippen LogP contribution in [0.4, 0.5) is 0 Å². The van der Waals surface area contributed by atoms with Gasteiger partial charge in [-0.05, 0) is 55.0 Å². The predicted molar refractivity (Wildman–Crippen MR) is 112 cm³/mol. The molecule has 2 saturated heterocycles. The zero-order valence-corrected chi connectivity index (χ0v) is 19.0. The first-order valence-electron chi connectivity index (χ1n) is 9.98. The zero-order valence-electron chi connectivity index (χ0n) is 17.3. The van der Waals surface area contributed by atoms with Gasteiger partial charge in [0, 0.05) is 32.1 Å². The number of rotatable bonds is 5. The second-order valence-corrected chi connectivity index (χ2v) is 12.3. The molecule has 9 nitrogen and oxygen atoms in total. The highest BCUT2D eigenvalue weighted by Gasteiger charge is 2.42. The fraction of sp³-hybridized carbons (Fsp3) is 0.632. The highest BCUT2D eigenvalue weighted by molar-refractivity contribution is 7.89. The van der Waals surface area contributed by atoms with Crippen LogP contribution in [0.3, 0.4) is 0 Å². The average Bonchev–Trinajstić information content (AvgIpc) is 3.01. The van der Waals surface area contributed by atoms with E-state index >= 15 is 0 Å². The topological polar surface area (TPSA) is 144 Å². The number of amides is 1. The summed E-state index contributed by atoms with van der Waals surface area (Å²) in [6.45, 7) is 6.58. The number of carbonyl (C=O) groups excluding carboxylic acids is 1. The van der Waals surface area contributed by atoms with Crippen molar-refractivity contribution in [3.63, 3.8) is 0 Å². The molecule has 2 heterocycles. The van der Waals surface area contributed by atoms with Crippen molar-refractivity contribution in [2.75, 3.05) is 32.7 Å². The second-order valence-electron chi connectivity index (χ2n) is 8.83. The van der Waals surface area contributed by atoms with E-state index < -0.39 is 20.0 Å². The number of sulfonamides is 2. The largest absolute Gasteiger partial charge is 0.342 e. The van der Waals surface area contributed by atoms with Crippen LogP contribution in [0.1, 0.15) is 26.7 Å². The molecule has 2 aliphatic heterocycles. The van der Waals surface area contributed by atoms with Gasteiger partial charge < -0.3 is 10.6 Å². The van der Waals surface area contributed by atoms with Gasteiger partial charge in [-0.15, -0.1) is 0 Å². The van der Waals surface area contributed by atoms with E-state index in [4.69, 9.17) is 10.9 Å². The van der Waals surface area contributed by atoms with Crippen LogP contribution in [-0.4, -0.2) is 64.7 Å². The number of primary sulfonamides is 1. The lowest BCUT2D eigenvalue weighted by Crippen LogP contribution is -2.44. The average molecular weight is 459 g/mol. The first-order valence-corrected chi connectivity index (χ1v) is 13.0. The quantitative estimate of drug-likeness (QED) is 0.644. The number of nitrogens with zero attached hydrogens (tertiary/aromatic N) is 2. The molecule has 1 aromatic carbocycles. The smallest absolute Gasteiger partial charge is 0.243 e. The fourth-order valence-corrected chi connectivity index (χ4v) is 6.30. The highest BCUT2D eigenvalue weighted by Crippen LogP contribution is 2.36. The van der Waals surface area contributed by atoms with Gasteiger partial charge >= 0.3 is 0 Å². The van der Waals surface area contributed by atoms with Crippen molar-refractivity contribution in [1.82, 2.24) is 9.21 Å². The third kappa shape index (κ3) is 4.54. The Balaban J connectivity index is 1.64. The van der Waals surface area contributed by atoms with Gasteiger partial charge in [-0.2, -0.15) is 4.31 Å². The molecule has 0 saturated carbocycles. The number of nitrogens with two attached hydrogens (primary N) is 2. The molecule has 1 atom stereocenters. The van der Waals surface area contributed by atoms with Crippen molar-refractivity contribution in [3.8, 4) is 0 Å². The monoisotopic (exact) mass is 458 g/mol.